The van der Waals surface area contributed by atoms with E-state index in [2.05, 4.69) is 15.0 Å². The maximum absolute atomic E-state index is 12.6. The normalized spacial score (nSPS) is 13.2. The van der Waals surface area contributed by atoms with Gasteiger partial charge in [0, 0.05) is 49.0 Å². The minimum Gasteiger partial charge on any atom is -0.497 e. The predicted octanol–water partition coefficient (Wildman–Crippen LogP) is 2.28. The number of thiazole rings is 1. The summed E-state index contributed by atoms with van der Waals surface area (Å²) in [6, 6.07) is 7.14. The molecule has 0 unspecified atom stereocenters. The minimum atomic E-state index is -0.388. The zero-order valence-corrected chi connectivity index (χ0v) is 17.2. The first-order valence-corrected chi connectivity index (χ1v) is 10.1. The summed E-state index contributed by atoms with van der Waals surface area (Å²) in [7, 11) is 2.88. The summed E-state index contributed by atoms with van der Waals surface area (Å²) in [4.78, 5) is 43.3. The maximum atomic E-state index is 12.6. The quantitative estimate of drug-likeness (QED) is 0.724. The van der Waals surface area contributed by atoms with Crippen LogP contribution < -0.4 is 10.1 Å². The standard InChI is InChI=1S/C20H23N3O5S/c1-27-14-5-3-4-13(12-14)21-19(26)20-22-15-8-10-23(11-9-16(15)29-20)17(24)6-7-18(25)28-2/h3-5,12H,6-11H2,1-2H3,(H,21,26). The number of carbonyl (C=O) groups excluding carboxylic acids is 3. The lowest BCUT2D eigenvalue weighted by atomic mass is 10.2. The van der Waals surface area contributed by atoms with E-state index in [0.717, 1.165) is 10.6 Å². The molecule has 9 heteroatoms. The Morgan fingerprint density at radius 1 is 1.17 bits per heavy atom. The Kier molecular flexibility index (Phi) is 6.82. The van der Waals surface area contributed by atoms with Crippen LogP contribution in [-0.2, 0) is 27.2 Å². The van der Waals surface area contributed by atoms with E-state index in [9.17, 15) is 14.4 Å². The molecule has 2 amide bonds. The summed E-state index contributed by atoms with van der Waals surface area (Å²) in [5.41, 5.74) is 1.50. The van der Waals surface area contributed by atoms with Gasteiger partial charge < -0.3 is 19.7 Å². The van der Waals surface area contributed by atoms with Crippen LogP contribution in [0.4, 0.5) is 5.69 Å². The molecule has 0 saturated carbocycles. The number of hydrogen-bond acceptors (Lipinski definition) is 7. The highest BCUT2D eigenvalue weighted by Gasteiger charge is 2.23. The zero-order chi connectivity index (χ0) is 20.8. The first kappa shape index (κ1) is 20.8. The number of benzene rings is 1. The van der Waals surface area contributed by atoms with Crippen LogP contribution in [0, 0.1) is 0 Å². The van der Waals surface area contributed by atoms with E-state index in [0.29, 0.717) is 42.4 Å². The van der Waals surface area contributed by atoms with Crippen molar-refractivity contribution in [2.24, 2.45) is 0 Å². The predicted molar refractivity (Wildman–Crippen MR) is 108 cm³/mol. The number of ether oxygens (including phenoxy) is 2. The number of hydrogen-bond donors (Lipinski definition) is 1. The lowest BCUT2D eigenvalue weighted by Crippen LogP contribution is -2.33. The number of anilines is 1. The lowest BCUT2D eigenvalue weighted by Gasteiger charge is -2.19. The summed E-state index contributed by atoms with van der Waals surface area (Å²) in [6.07, 6.45) is 1.45. The van der Waals surface area contributed by atoms with Gasteiger partial charge in [0.2, 0.25) is 5.91 Å². The fourth-order valence-corrected chi connectivity index (χ4v) is 4.06. The van der Waals surface area contributed by atoms with Crippen molar-refractivity contribution in [3.05, 3.63) is 39.8 Å². The molecular weight excluding hydrogens is 394 g/mol. The number of aromatic nitrogens is 1. The van der Waals surface area contributed by atoms with Gasteiger partial charge >= 0.3 is 5.97 Å². The molecule has 3 rings (SSSR count). The average molecular weight is 417 g/mol. The topological polar surface area (TPSA) is 97.8 Å². The first-order chi connectivity index (χ1) is 14.0. The van der Waals surface area contributed by atoms with Crippen LogP contribution in [-0.4, -0.2) is 55.0 Å². The fourth-order valence-electron chi connectivity index (χ4n) is 3.06. The van der Waals surface area contributed by atoms with Gasteiger partial charge in [0.15, 0.2) is 5.01 Å². The first-order valence-electron chi connectivity index (χ1n) is 9.28. The molecule has 154 valence electrons. The second-order valence-corrected chi connectivity index (χ2v) is 7.62. The van der Waals surface area contributed by atoms with Crippen molar-refractivity contribution < 1.29 is 23.9 Å². The molecule has 0 fully saturated rings. The molecule has 29 heavy (non-hydrogen) atoms. The SMILES string of the molecule is COC(=O)CCC(=O)N1CCc2nc(C(=O)Nc3cccc(OC)c3)sc2CC1. The second kappa shape index (κ2) is 9.51. The third-order valence-electron chi connectivity index (χ3n) is 4.65. The summed E-state index contributed by atoms with van der Waals surface area (Å²) >= 11 is 1.36. The van der Waals surface area contributed by atoms with Gasteiger partial charge in [-0.25, -0.2) is 4.98 Å². The monoisotopic (exact) mass is 417 g/mol. The Morgan fingerprint density at radius 3 is 2.72 bits per heavy atom. The molecule has 2 heterocycles. The van der Waals surface area contributed by atoms with Crippen molar-refractivity contribution in [1.82, 2.24) is 9.88 Å². The summed E-state index contributed by atoms with van der Waals surface area (Å²) in [5, 5.41) is 3.24. The summed E-state index contributed by atoms with van der Waals surface area (Å²) in [6.45, 7) is 1.07. The zero-order valence-electron chi connectivity index (χ0n) is 16.4. The van der Waals surface area contributed by atoms with Crippen molar-refractivity contribution in [2.75, 3.05) is 32.6 Å². The Balaban J connectivity index is 1.59. The fraction of sp³-hybridized carbons (Fsp3) is 0.400. The number of esters is 1. The average Bonchev–Trinajstić information content (AvgIpc) is 3.05. The Bertz CT molecular complexity index is 886. The van der Waals surface area contributed by atoms with Crippen LogP contribution in [0.15, 0.2) is 24.3 Å². The lowest BCUT2D eigenvalue weighted by molar-refractivity contribution is -0.143. The molecule has 0 spiro atoms. The number of nitrogens with zero attached hydrogens (tertiary/aromatic N) is 2. The molecule has 0 atom stereocenters. The van der Waals surface area contributed by atoms with Crippen LogP contribution in [0.5, 0.6) is 5.75 Å². The van der Waals surface area contributed by atoms with Gasteiger partial charge in [0.05, 0.1) is 26.3 Å². The van der Waals surface area contributed by atoms with Crippen LogP contribution in [0.1, 0.15) is 33.2 Å². The van der Waals surface area contributed by atoms with Crippen LogP contribution in [0.3, 0.4) is 0 Å². The molecule has 1 aliphatic heterocycles. The Hall–Kier alpha value is -2.94. The van der Waals surface area contributed by atoms with Crippen molar-refractivity contribution in [3.63, 3.8) is 0 Å². The highest BCUT2D eigenvalue weighted by Crippen LogP contribution is 2.25. The number of nitrogens with one attached hydrogen (secondary N) is 1. The largest absolute Gasteiger partial charge is 0.497 e. The minimum absolute atomic E-state index is 0.0680. The van der Waals surface area contributed by atoms with Gasteiger partial charge in [-0.1, -0.05) is 6.07 Å². The molecule has 0 radical (unpaired) electrons. The number of methoxy groups -OCH3 is 2. The number of rotatable bonds is 6. The Labute approximate surface area is 172 Å². The van der Waals surface area contributed by atoms with Gasteiger partial charge in [0.25, 0.3) is 5.91 Å². The van der Waals surface area contributed by atoms with E-state index in [1.165, 1.54) is 18.4 Å². The van der Waals surface area contributed by atoms with Crippen molar-refractivity contribution in [2.45, 2.75) is 25.7 Å². The maximum Gasteiger partial charge on any atom is 0.306 e. The van der Waals surface area contributed by atoms with E-state index in [1.807, 2.05) is 0 Å². The number of carbonyl (C=O) groups is 3. The molecule has 1 aliphatic rings. The van der Waals surface area contributed by atoms with Gasteiger partial charge in [-0.05, 0) is 12.1 Å². The Morgan fingerprint density at radius 2 is 1.97 bits per heavy atom. The molecule has 2 aromatic rings. The van der Waals surface area contributed by atoms with Gasteiger partial charge in [0.1, 0.15) is 5.75 Å². The van der Waals surface area contributed by atoms with Crippen molar-refractivity contribution in [3.8, 4) is 5.75 Å². The number of fused-ring (bicyclic) bond motifs is 1. The van der Waals surface area contributed by atoms with E-state index in [-0.39, 0.29) is 30.6 Å². The smallest absolute Gasteiger partial charge is 0.306 e. The summed E-state index contributed by atoms with van der Waals surface area (Å²) in [5.74, 6) is -0.0563. The molecule has 1 N–H and O–H groups in total. The second-order valence-electron chi connectivity index (χ2n) is 6.53. The van der Waals surface area contributed by atoms with Crippen molar-refractivity contribution in [1.29, 1.82) is 0 Å². The van der Waals surface area contributed by atoms with Crippen LogP contribution >= 0.6 is 11.3 Å². The van der Waals surface area contributed by atoms with Crippen molar-refractivity contribution >= 4 is 34.8 Å². The molecule has 8 nitrogen and oxygen atoms in total. The molecule has 0 aliphatic carbocycles. The third kappa shape index (κ3) is 5.32. The molecule has 0 bridgehead atoms. The summed E-state index contributed by atoms with van der Waals surface area (Å²) < 4.78 is 9.75. The van der Waals surface area contributed by atoms with E-state index in [1.54, 1.807) is 36.3 Å². The van der Waals surface area contributed by atoms with Gasteiger partial charge in [-0.2, -0.15) is 0 Å². The van der Waals surface area contributed by atoms with E-state index >= 15 is 0 Å². The highest BCUT2D eigenvalue weighted by molar-refractivity contribution is 7.13. The molecule has 1 aromatic heterocycles. The van der Waals surface area contributed by atoms with Gasteiger partial charge in [-0.15, -0.1) is 11.3 Å². The highest BCUT2D eigenvalue weighted by atomic mass is 32.1. The molecule has 1 aromatic carbocycles. The van der Waals surface area contributed by atoms with Crippen LogP contribution in [0.2, 0.25) is 0 Å². The molecule has 0 saturated heterocycles. The van der Waals surface area contributed by atoms with Gasteiger partial charge in [-0.3, -0.25) is 14.4 Å². The third-order valence-corrected chi connectivity index (χ3v) is 5.81. The van der Waals surface area contributed by atoms with E-state index < -0.39 is 0 Å². The molecular formula is C20H23N3O5S. The number of amides is 2. The van der Waals surface area contributed by atoms with Crippen LogP contribution in [0.25, 0.3) is 0 Å². The van der Waals surface area contributed by atoms with E-state index in [4.69, 9.17) is 4.74 Å².